The number of aliphatic hydroxyl groups is 2. The van der Waals surface area contributed by atoms with Crippen molar-refractivity contribution in [2.75, 3.05) is 25.6 Å². The van der Waals surface area contributed by atoms with Gasteiger partial charge in [0.2, 0.25) is 0 Å². The van der Waals surface area contributed by atoms with Gasteiger partial charge in [0.1, 0.15) is 36.7 Å². The Labute approximate surface area is 186 Å². The number of nitrogens with zero attached hydrogens (tertiary/aromatic N) is 3. The van der Waals surface area contributed by atoms with E-state index in [2.05, 4.69) is 15.2 Å². The van der Waals surface area contributed by atoms with E-state index in [1.165, 1.54) is 17.8 Å². The SMILES string of the molecule is CCCCCOC(=O)[C@H](C)N[P+](=O)OC[C@H]1OC[C@@](O)(c2ccc3c(N)ncnn23)[C@@H]1O. The van der Waals surface area contributed by atoms with Crippen LogP contribution in [0.5, 0.6) is 0 Å². The van der Waals surface area contributed by atoms with E-state index in [1.54, 1.807) is 12.1 Å². The molecule has 3 rings (SSSR count). The smallest absolute Gasteiger partial charge is 0.464 e. The Hall–Kier alpha value is -2.21. The minimum atomic E-state index is -2.43. The lowest BCUT2D eigenvalue weighted by Gasteiger charge is -2.25. The van der Waals surface area contributed by atoms with E-state index in [9.17, 15) is 19.6 Å². The van der Waals surface area contributed by atoms with Crippen LogP contribution in [0, 0.1) is 0 Å². The summed E-state index contributed by atoms with van der Waals surface area (Å²) in [6, 6.07) is 2.37. The van der Waals surface area contributed by atoms with Crippen LogP contribution in [0.4, 0.5) is 5.82 Å². The maximum absolute atomic E-state index is 12.2. The second kappa shape index (κ2) is 10.6. The first kappa shape index (κ1) is 24.4. The Morgan fingerprint density at radius 1 is 1.50 bits per heavy atom. The Bertz CT molecular complexity index is 957. The molecule has 1 saturated heterocycles. The van der Waals surface area contributed by atoms with Gasteiger partial charge in [-0.15, -0.1) is 4.52 Å². The lowest BCUT2D eigenvalue weighted by atomic mass is 9.93. The predicted molar refractivity (Wildman–Crippen MR) is 114 cm³/mol. The molecule has 0 aliphatic carbocycles. The second-order valence-electron chi connectivity index (χ2n) is 7.66. The average Bonchev–Trinajstić information content (AvgIpc) is 3.33. The summed E-state index contributed by atoms with van der Waals surface area (Å²) in [6.45, 7) is 3.37. The van der Waals surface area contributed by atoms with Gasteiger partial charge in [-0.2, -0.15) is 5.10 Å². The third-order valence-electron chi connectivity index (χ3n) is 5.29. The maximum atomic E-state index is 12.2. The van der Waals surface area contributed by atoms with Crippen molar-refractivity contribution in [1.82, 2.24) is 19.7 Å². The standard InChI is InChI=1S/C19H29N5O7P/c1-3-4-5-8-29-18(26)12(2)23-32(28)31-9-14-16(25)19(27,10-30-14)15-7-6-13-17(20)21-11-22-24(13)15/h6-7,11-12,14,16,25,27H,3-5,8-10H2,1-2H3,(H,23,28)(H2,20,21,22)/q+1/t12-,14+,16+,19+/m0/s1. The molecule has 2 aromatic heterocycles. The summed E-state index contributed by atoms with van der Waals surface area (Å²) in [5, 5.41) is 28.4. The van der Waals surface area contributed by atoms with Crippen LogP contribution in [0.2, 0.25) is 0 Å². The molecule has 0 bridgehead atoms. The summed E-state index contributed by atoms with van der Waals surface area (Å²) in [4.78, 5) is 15.8. The summed E-state index contributed by atoms with van der Waals surface area (Å²) in [7, 11) is -2.43. The highest BCUT2D eigenvalue weighted by molar-refractivity contribution is 7.36. The van der Waals surface area contributed by atoms with E-state index in [0.29, 0.717) is 12.1 Å². The summed E-state index contributed by atoms with van der Waals surface area (Å²) >= 11 is 0. The molecule has 1 aliphatic rings. The van der Waals surface area contributed by atoms with Gasteiger partial charge in [0.25, 0.3) is 0 Å². The molecule has 3 heterocycles. The maximum Gasteiger partial charge on any atom is 0.613 e. The van der Waals surface area contributed by atoms with Crippen molar-refractivity contribution in [1.29, 1.82) is 0 Å². The van der Waals surface area contributed by atoms with Gasteiger partial charge < -0.3 is 25.4 Å². The summed E-state index contributed by atoms with van der Waals surface area (Å²) < 4.78 is 29.4. The molecular formula is C19H29N5O7P+. The average molecular weight is 470 g/mol. The van der Waals surface area contributed by atoms with Crippen LogP contribution < -0.4 is 10.8 Å². The lowest BCUT2D eigenvalue weighted by molar-refractivity contribution is -0.145. The fourth-order valence-corrected chi connectivity index (χ4v) is 4.18. The minimum Gasteiger partial charge on any atom is -0.464 e. The van der Waals surface area contributed by atoms with E-state index in [0.717, 1.165) is 19.3 Å². The number of anilines is 1. The number of nitrogens with two attached hydrogens (primary N) is 1. The molecule has 13 heteroatoms. The number of ether oxygens (including phenoxy) is 2. The van der Waals surface area contributed by atoms with E-state index in [-0.39, 0.29) is 24.7 Å². The van der Waals surface area contributed by atoms with Crippen LogP contribution in [0.1, 0.15) is 38.8 Å². The number of unbranched alkanes of at least 4 members (excludes halogenated alkanes) is 2. The first-order valence-electron chi connectivity index (χ1n) is 10.4. The Kier molecular flexibility index (Phi) is 8.10. The largest absolute Gasteiger partial charge is 0.613 e. The fourth-order valence-electron chi connectivity index (χ4n) is 3.40. The summed E-state index contributed by atoms with van der Waals surface area (Å²) in [6.07, 6.45) is 1.64. The molecule has 5 N–H and O–H groups in total. The molecule has 0 amide bonds. The highest BCUT2D eigenvalue weighted by Gasteiger charge is 2.52. The molecule has 0 aromatic carbocycles. The van der Waals surface area contributed by atoms with Crippen LogP contribution in [-0.2, 0) is 29.0 Å². The van der Waals surface area contributed by atoms with Crippen LogP contribution in [-0.4, -0.2) is 68.9 Å². The van der Waals surface area contributed by atoms with E-state index in [4.69, 9.17) is 19.7 Å². The van der Waals surface area contributed by atoms with Crippen molar-refractivity contribution >= 4 is 25.5 Å². The van der Waals surface area contributed by atoms with Gasteiger partial charge in [-0.25, -0.2) is 9.50 Å². The normalized spacial score (nSPS) is 24.6. The number of fused-ring (bicyclic) bond motifs is 1. The third kappa shape index (κ3) is 5.22. The number of carbonyl (C=O) groups is 1. The molecule has 32 heavy (non-hydrogen) atoms. The Morgan fingerprint density at radius 3 is 3.03 bits per heavy atom. The monoisotopic (exact) mass is 470 g/mol. The van der Waals surface area contributed by atoms with Crippen molar-refractivity contribution in [3.05, 3.63) is 24.2 Å². The summed E-state index contributed by atoms with van der Waals surface area (Å²) in [5.41, 5.74) is 4.79. The molecular weight excluding hydrogens is 441 g/mol. The number of nitrogen functional groups attached to an aromatic ring is 1. The predicted octanol–water partition coefficient (Wildman–Crippen LogP) is 0.644. The highest BCUT2D eigenvalue weighted by atomic mass is 31.1. The van der Waals surface area contributed by atoms with Crippen LogP contribution >= 0.6 is 8.18 Å². The molecule has 2 aromatic rings. The van der Waals surface area contributed by atoms with Crippen LogP contribution in [0.25, 0.3) is 5.52 Å². The van der Waals surface area contributed by atoms with Crippen LogP contribution in [0.3, 0.4) is 0 Å². The van der Waals surface area contributed by atoms with Gasteiger partial charge in [-0.3, -0.25) is 4.79 Å². The highest BCUT2D eigenvalue weighted by Crippen LogP contribution is 2.36. The van der Waals surface area contributed by atoms with E-state index in [1.807, 2.05) is 6.92 Å². The van der Waals surface area contributed by atoms with Crippen molar-refractivity contribution in [2.24, 2.45) is 0 Å². The first-order chi connectivity index (χ1) is 15.3. The molecule has 1 unspecified atom stereocenters. The number of nitrogens with one attached hydrogen (secondary N) is 1. The van der Waals surface area contributed by atoms with Crippen molar-refractivity contribution in [2.45, 2.75) is 57.0 Å². The number of aliphatic hydroxyl groups excluding tert-OH is 1. The van der Waals surface area contributed by atoms with Crippen LogP contribution in [0.15, 0.2) is 18.5 Å². The number of aromatic nitrogens is 3. The van der Waals surface area contributed by atoms with Gasteiger partial charge in [0, 0.05) is 0 Å². The number of rotatable bonds is 11. The zero-order valence-corrected chi connectivity index (χ0v) is 18.9. The van der Waals surface area contributed by atoms with Gasteiger partial charge in [0.05, 0.1) is 18.9 Å². The number of carbonyl (C=O) groups excluding carboxylic acids is 1. The second-order valence-corrected chi connectivity index (χ2v) is 8.69. The van der Waals surface area contributed by atoms with E-state index < -0.39 is 38.0 Å². The molecule has 12 nitrogen and oxygen atoms in total. The fraction of sp³-hybridized carbons (Fsp3) is 0.632. The minimum absolute atomic E-state index is 0.226. The molecule has 176 valence electrons. The third-order valence-corrected chi connectivity index (χ3v) is 6.27. The molecule has 0 radical (unpaired) electrons. The number of esters is 1. The molecule has 5 atom stereocenters. The molecule has 0 saturated carbocycles. The molecule has 1 aliphatic heterocycles. The number of hydrogen-bond donors (Lipinski definition) is 4. The molecule has 0 spiro atoms. The molecule has 1 fully saturated rings. The van der Waals surface area contributed by atoms with E-state index >= 15 is 0 Å². The Morgan fingerprint density at radius 2 is 2.28 bits per heavy atom. The summed E-state index contributed by atoms with van der Waals surface area (Å²) in [5.74, 6) is -0.301. The van der Waals surface area contributed by atoms with Gasteiger partial charge in [0.15, 0.2) is 11.4 Å². The topological polar surface area (TPSA) is 171 Å². The quantitative estimate of drug-likeness (QED) is 0.206. The first-order valence-corrected chi connectivity index (χ1v) is 11.6. The number of hydrogen-bond acceptors (Lipinski definition) is 10. The zero-order chi connectivity index (χ0) is 23.3. The lowest BCUT2D eigenvalue weighted by Crippen LogP contribution is -2.43. The zero-order valence-electron chi connectivity index (χ0n) is 18.0. The van der Waals surface area contributed by atoms with Gasteiger partial charge in [-0.05, 0) is 30.0 Å². The van der Waals surface area contributed by atoms with Crippen molar-refractivity contribution < 1.29 is 33.6 Å². The Balaban J connectivity index is 1.53. The van der Waals surface area contributed by atoms with Crippen molar-refractivity contribution in [3.63, 3.8) is 0 Å². The van der Waals surface area contributed by atoms with Gasteiger partial charge in [-0.1, -0.05) is 24.9 Å². The van der Waals surface area contributed by atoms with Crippen molar-refractivity contribution in [3.8, 4) is 0 Å². The van der Waals surface area contributed by atoms with Gasteiger partial charge >= 0.3 is 14.1 Å².